The Bertz CT molecular complexity index is 596. The lowest BCUT2D eigenvalue weighted by Crippen LogP contribution is -2.48. The molecule has 0 saturated carbocycles. The van der Waals surface area contributed by atoms with Gasteiger partial charge in [-0.2, -0.15) is 0 Å². The normalized spacial score (nSPS) is 24.7. The van der Waals surface area contributed by atoms with Gasteiger partial charge in [0.2, 0.25) is 0 Å². The number of carbonyl (C=O) groups is 1. The first-order chi connectivity index (χ1) is 8.91. The Morgan fingerprint density at radius 2 is 2.11 bits per heavy atom. The first-order valence-corrected chi connectivity index (χ1v) is 7.85. The number of aliphatic carboxylic acids is 1. The molecule has 6 heteroatoms. The van der Waals surface area contributed by atoms with Gasteiger partial charge in [0.15, 0.2) is 9.84 Å². The van der Waals surface area contributed by atoms with E-state index in [1.807, 2.05) is 6.92 Å². The zero-order valence-corrected chi connectivity index (χ0v) is 11.5. The van der Waals surface area contributed by atoms with Gasteiger partial charge in [-0.3, -0.25) is 4.79 Å². The Hall–Kier alpha value is -1.40. The SMILES string of the molecule is CCNC1(CC(=O)O)CCS(=O)(=O)c2ccccc21. The lowest BCUT2D eigenvalue weighted by atomic mass is 9.83. The van der Waals surface area contributed by atoms with Gasteiger partial charge in [0.25, 0.3) is 0 Å². The minimum Gasteiger partial charge on any atom is -0.481 e. The fourth-order valence-electron chi connectivity index (χ4n) is 2.71. The van der Waals surface area contributed by atoms with E-state index < -0.39 is 21.3 Å². The molecule has 0 saturated heterocycles. The Labute approximate surface area is 112 Å². The zero-order chi connectivity index (χ0) is 14.1. The molecule has 2 rings (SSSR count). The van der Waals surface area contributed by atoms with Gasteiger partial charge in [0, 0.05) is 0 Å². The van der Waals surface area contributed by atoms with Gasteiger partial charge in [0.1, 0.15) is 0 Å². The van der Waals surface area contributed by atoms with E-state index >= 15 is 0 Å². The monoisotopic (exact) mass is 283 g/mol. The topological polar surface area (TPSA) is 83.5 Å². The highest BCUT2D eigenvalue weighted by Crippen LogP contribution is 2.39. The lowest BCUT2D eigenvalue weighted by molar-refractivity contribution is -0.139. The maximum absolute atomic E-state index is 12.1. The molecular formula is C13H17NO4S. The molecule has 1 aromatic carbocycles. The molecule has 1 atom stereocenters. The van der Waals surface area contributed by atoms with Crippen molar-refractivity contribution in [3.8, 4) is 0 Å². The summed E-state index contributed by atoms with van der Waals surface area (Å²) in [4.78, 5) is 11.4. The minimum absolute atomic E-state index is 0.0235. The predicted molar refractivity (Wildman–Crippen MR) is 70.7 cm³/mol. The molecule has 19 heavy (non-hydrogen) atoms. The van der Waals surface area contributed by atoms with E-state index in [9.17, 15) is 13.2 Å². The van der Waals surface area contributed by atoms with Crippen molar-refractivity contribution in [3.63, 3.8) is 0 Å². The van der Waals surface area contributed by atoms with Crippen LogP contribution in [0.3, 0.4) is 0 Å². The summed E-state index contributed by atoms with van der Waals surface area (Å²) in [6, 6.07) is 6.67. The summed E-state index contributed by atoms with van der Waals surface area (Å²) in [7, 11) is -3.30. The van der Waals surface area contributed by atoms with Crippen molar-refractivity contribution in [2.24, 2.45) is 0 Å². The van der Waals surface area contributed by atoms with Crippen LogP contribution in [0.25, 0.3) is 0 Å². The predicted octanol–water partition coefficient (Wildman–Crippen LogP) is 1.14. The van der Waals surface area contributed by atoms with E-state index in [0.29, 0.717) is 12.1 Å². The molecule has 104 valence electrons. The Morgan fingerprint density at radius 3 is 2.74 bits per heavy atom. The van der Waals surface area contributed by atoms with Crippen LogP contribution in [0.15, 0.2) is 29.2 Å². The van der Waals surface area contributed by atoms with Crippen molar-refractivity contribution in [1.29, 1.82) is 0 Å². The largest absolute Gasteiger partial charge is 0.481 e. The average Bonchev–Trinajstić information content (AvgIpc) is 2.35. The van der Waals surface area contributed by atoms with Gasteiger partial charge in [-0.15, -0.1) is 0 Å². The van der Waals surface area contributed by atoms with Gasteiger partial charge >= 0.3 is 5.97 Å². The molecule has 0 fully saturated rings. The summed E-state index contributed by atoms with van der Waals surface area (Å²) in [6.07, 6.45) is 0.167. The van der Waals surface area contributed by atoms with Crippen LogP contribution in [-0.2, 0) is 20.2 Å². The van der Waals surface area contributed by atoms with Crippen LogP contribution in [0, 0.1) is 0 Å². The summed E-state index contributed by atoms with van der Waals surface area (Å²) in [5.41, 5.74) is -0.215. The van der Waals surface area contributed by atoms with E-state index in [2.05, 4.69) is 5.32 Å². The maximum atomic E-state index is 12.1. The van der Waals surface area contributed by atoms with Gasteiger partial charge in [-0.05, 0) is 24.6 Å². The number of rotatable bonds is 4. The summed E-state index contributed by atoms with van der Waals surface area (Å²) in [5, 5.41) is 12.3. The van der Waals surface area contributed by atoms with Crippen molar-refractivity contribution in [2.45, 2.75) is 30.2 Å². The first kappa shape index (κ1) is 14.0. The molecule has 2 N–H and O–H groups in total. The molecule has 1 unspecified atom stereocenters. The van der Waals surface area contributed by atoms with Gasteiger partial charge in [-0.1, -0.05) is 25.1 Å². The fourth-order valence-corrected chi connectivity index (χ4v) is 4.43. The number of carboxylic acid groups (broad SMARTS) is 1. The number of carboxylic acids is 1. The van der Waals surface area contributed by atoms with E-state index in [-0.39, 0.29) is 23.5 Å². The quantitative estimate of drug-likeness (QED) is 0.866. The van der Waals surface area contributed by atoms with Crippen LogP contribution in [-0.4, -0.2) is 31.8 Å². The Kier molecular flexibility index (Phi) is 3.64. The fraction of sp³-hybridized carbons (Fsp3) is 0.462. The summed E-state index contributed by atoms with van der Waals surface area (Å²) < 4.78 is 24.2. The second-order valence-corrected chi connectivity index (χ2v) is 6.83. The first-order valence-electron chi connectivity index (χ1n) is 6.20. The second-order valence-electron chi connectivity index (χ2n) is 4.75. The van der Waals surface area contributed by atoms with E-state index in [4.69, 9.17) is 5.11 Å². The Balaban J connectivity index is 2.61. The molecule has 0 bridgehead atoms. The van der Waals surface area contributed by atoms with Crippen molar-refractivity contribution >= 4 is 15.8 Å². The number of sulfone groups is 1. The number of hydrogen-bond donors (Lipinski definition) is 2. The number of fused-ring (bicyclic) bond motifs is 1. The summed E-state index contributed by atoms with van der Waals surface area (Å²) in [6.45, 7) is 2.47. The highest BCUT2D eigenvalue weighted by molar-refractivity contribution is 7.91. The molecule has 0 spiro atoms. The lowest BCUT2D eigenvalue weighted by Gasteiger charge is -2.38. The molecule has 5 nitrogen and oxygen atoms in total. The summed E-state index contributed by atoms with van der Waals surface area (Å²) in [5.74, 6) is -0.959. The van der Waals surface area contributed by atoms with Crippen LogP contribution in [0.4, 0.5) is 0 Å². The molecular weight excluding hydrogens is 266 g/mol. The molecule has 0 aliphatic carbocycles. The number of nitrogens with one attached hydrogen (secondary N) is 1. The highest BCUT2D eigenvalue weighted by Gasteiger charge is 2.42. The van der Waals surface area contributed by atoms with Crippen LogP contribution >= 0.6 is 0 Å². The van der Waals surface area contributed by atoms with Gasteiger partial charge in [0.05, 0.1) is 22.6 Å². The third kappa shape index (κ3) is 2.50. The van der Waals surface area contributed by atoms with Crippen molar-refractivity contribution in [2.75, 3.05) is 12.3 Å². The van der Waals surface area contributed by atoms with Gasteiger partial charge < -0.3 is 10.4 Å². The van der Waals surface area contributed by atoms with Crippen LogP contribution < -0.4 is 5.32 Å². The van der Waals surface area contributed by atoms with Crippen molar-refractivity contribution in [1.82, 2.24) is 5.32 Å². The summed E-state index contributed by atoms with van der Waals surface area (Å²) >= 11 is 0. The van der Waals surface area contributed by atoms with Crippen LogP contribution in [0.1, 0.15) is 25.3 Å². The molecule has 0 amide bonds. The average molecular weight is 283 g/mol. The smallest absolute Gasteiger partial charge is 0.305 e. The zero-order valence-electron chi connectivity index (χ0n) is 10.7. The van der Waals surface area contributed by atoms with Crippen LogP contribution in [0.5, 0.6) is 0 Å². The molecule has 1 aromatic rings. The minimum atomic E-state index is -3.30. The standard InChI is InChI=1S/C13H17NO4S/c1-2-14-13(9-12(15)16)7-8-19(17,18)11-6-4-3-5-10(11)13/h3-6,14H,2,7-9H2,1H3,(H,15,16). The highest BCUT2D eigenvalue weighted by atomic mass is 32.2. The maximum Gasteiger partial charge on any atom is 0.305 e. The Morgan fingerprint density at radius 1 is 1.42 bits per heavy atom. The molecule has 1 aliphatic heterocycles. The van der Waals surface area contributed by atoms with E-state index in [1.165, 1.54) is 0 Å². The molecule has 0 aromatic heterocycles. The second kappa shape index (κ2) is 4.94. The van der Waals surface area contributed by atoms with Crippen molar-refractivity contribution in [3.05, 3.63) is 29.8 Å². The molecule has 0 radical (unpaired) electrons. The molecule has 1 aliphatic rings. The van der Waals surface area contributed by atoms with Crippen molar-refractivity contribution < 1.29 is 18.3 Å². The van der Waals surface area contributed by atoms with Gasteiger partial charge in [-0.25, -0.2) is 8.42 Å². The third-order valence-electron chi connectivity index (χ3n) is 3.50. The third-order valence-corrected chi connectivity index (χ3v) is 5.27. The van der Waals surface area contributed by atoms with E-state index in [0.717, 1.165) is 0 Å². The van der Waals surface area contributed by atoms with E-state index in [1.54, 1.807) is 24.3 Å². The number of hydrogen-bond acceptors (Lipinski definition) is 4. The van der Waals surface area contributed by atoms with Crippen LogP contribution in [0.2, 0.25) is 0 Å². The number of benzene rings is 1. The molecule has 1 heterocycles.